The minimum atomic E-state index is 0.715. The molecule has 0 bridgehead atoms. The first-order valence-electron chi connectivity index (χ1n) is 5.51. The molecule has 0 aromatic carbocycles. The normalized spacial score (nSPS) is 20.7. The summed E-state index contributed by atoms with van der Waals surface area (Å²) in [5.41, 5.74) is 1.19. The fourth-order valence-electron chi connectivity index (χ4n) is 1.89. The van der Waals surface area contributed by atoms with E-state index in [1.54, 1.807) is 0 Å². The van der Waals surface area contributed by atoms with Crippen LogP contribution < -0.4 is 5.32 Å². The van der Waals surface area contributed by atoms with Gasteiger partial charge in [-0.1, -0.05) is 20.8 Å². The summed E-state index contributed by atoms with van der Waals surface area (Å²) >= 11 is 0. The van der Waals surface area contributed by atoms with Crippen LogP contribution in [0, 0.1) is 11.8 Å². The molecule has 14 heavy (non-hydrogen) atoms. The number of aromatic nitrogens is 2. The summed E-state index contributed by atoms with van der Waals surface area (Å²) < 4.78 is 2.12. The van der Waals surface area contributed by atoms with Crippen LogP contribution in [-0.2, 0) is 13.0 Å². The molecule has 1 aromatic rings. The Hall–Kier alpha value is -0.990. The molecule has 0 aliphatic carbocycles. The quantitative estimate of drug-likeness (QED) is 0.780. The van der Waals surface area contributed by atoms with Crippen LogP contribution in [0.4, 0.5) is 5.82 Å². The van der Waals surface area contributed by atoms with E-state index in [0.717, 1.165) is 25.4 Å². The van der Waals surface area contributed by atoms with Gasteiger partial charge in [0.1, 0.15) is 5.82 Å². The first-order chi connectivity index (χ1) is 6.70. The molecule has 3 heteroatoms. The van der Waals surface area contributed by atoms with Gasteiger partial charge >= 0.3 is 0 Å². The molecule has 1 unspecified atom stereocenters. The van der Waals surface area contributed by atoms with Gasteiger partial charge in [-0.05, 0) is 18.3 Å². The smallest absolute Gasteiger partial charge is 0.124 e. The van der Waals surface area contributed by atoms with Gasteiger partial charge in [0.15, 0.2) is 0 Å². The van der Waals surface area contributed by atoms with Gasteiger partial charge in [0.05, 0.1) is 5.69 Å². The Morgan fingerprint density at radius 2 is 2.43 bits per heavy atom. The van der Waals surface area contributed by atoms with E-state index in [2.05, 4.69) is 41.9 Å². The highest BCUT2D eigenvalue weighted by molar-refractivity contribution is 5.38. The highest BCUT2D eigenvalue weighted by Crippen LogP contribution is 2.23. The number of aryl methyl sites for hydroxylation is 1. The summed E-state index contributed by atoms with van der Waals surface area (Å²) in [5, 5.41) is 8.01. The first-order valence-corrected chi connectivity index (χ1v) is 5.51. The number of rotatable bonds is 2. The Labute approximate surface area is 85.5 Å². The lowest BCUT2D eigenvalue weighted by Crippen LogP contribution is -2.31. The van der Waals surface area contributed by atoms with Crippen LogP contribution in [0.3, 0.4) is 0 Å². The molecule has 78 valence electrons. The molecule has 1 aromatic heterocycles. The molecule has 1 N–H and O–H groups in total. The zero-order valence-electron chi connectivity index (χ0n) is 9.25. The molecule has 3 nitrogen and oxygen atoms in total. The van der Waals surface area contributed by atoms with Crippen molar-refractivity contribution in [1.29, 1.82) is 0 Å². The predicted octanol–water partition coefficient (Wildman–Crippen LogP) is 2.14. The van der Waals surface area contributed by atoms with E-state index in [0.29, 0.717) is 5.92 Å². The Kier molecular flexibility index (Phi) is 2.48. The Bertz CT molecular complexity index is 314. The van der Waals surface area contributed by atoms with Crippen molar-refractivity contribution in [1.82, 2.24) is 9.78 Å². The van der Waals surface area contributed by atoms with Crippen molar-refractivity contribution < 1.29 is 0 Å². The molecule has 0 fully saturated rings. The lowest BCUT2D eigenvalue weighted by molar-refractivity contribution is 0.322. The number of hydrogen-bond acceptors (Lipinski definition) is 2. The van der Waals surface area contributed by atoms with Crippen molar-refractivity contribution in [2.45, 2.75) is 33.7 Å². The summed E-state index contributed by atoms with van der Waals surface area (Å²) in [6.45, 7) is 8.87. The van der Waals surface area contributed by atoms with Crippen molar-refractivity contribution in [3.05, 3.63) is 11.8 Å². The third-order valence-corrected chi connectivity index (χ3v) is 3.09. The van der Waals surface area contributed by atoms with Gasteiger partial charge in [-0.3, -0.25) is 0 Å². The second-order valence-corrected chi connectivity index (χ2v) is 4.44. The third-order valence-electron chi connectivity index (χ3n) is 3.09. The van der Waals surface area contributed by atoms with Crippen LogP contribution >= 0.6 is 0 Å². The molecule has 0 spiro atoms. The van der Waals surface area contributed by atoms with E-state index < -0.39 is 0 Å². The summed E-state index contributed by atoms with van der Waals surface area (Å²) in [6.07, 6.45) is 1.02. The molecular weight excluding hydrogens is 174 g/mol. The fraction of sp³-hybridized carbons (Fsp3) is 0.727. The standard InChI is InChI=1S/C11H19N3/c1-4-10-5-11-12-6-9(8(2)3)7-14(11)13-10/h5,8-9,12H,4,6-7H2,1-3H3. The monoisotopic (exact) mass is 193 g/mol. The topological polar surface area (TPSA) is 29.9 Å². The highest BCUT2D eigenvalue weighted by atomic mass is 15.3. The number of anilines is 1. The van der Waals surface area contributed by atoms with Crippen molar-refractivity contribution in [2.75, 3.05) is 11.9 Å². The second kappa shape index (κ2) is 3.64. The number of nitrogens with one attached hydrogen (secondary N) is 1. The van der Waals surface area contributed by atoms with Crippen LogP contribution in [-0.4, -0.2) is 16.3 Å². The Balaban J connectivity index is 2.17. The van der Waals surface area contributed by atoms with E-state index in [9.17, 15) is 0 Å². The maximum absolute atomic E-state index is 4.56. The van der Waals surface area contributed by atoms with Crippen molar-refractivity contribution in [3.63, 3.8) is 0 Å². The summed E-state index contributed by atoms with van der Waals surface area (Å²) in [6, 6.07) is 2.16. The van der Waals surface area contributed by atoms with E-state index in [-0.39, 0.29) is 0 Å². The number of hydrogen-bond donors (Lipinski definition) is 1. The predicted molar refractivity (Wildman–Crippen MR) is 58.4 cm³/mol. The maximum Gasteiger partial charge on any atom is 0.124 e. The molecule has 0 radical (unpaired) electrons. The van der Waals surface area contributed by atoms with Crippen molar-refractivity contribution in [2.24, 2.45) is 11.8 Å². The first kappa shape index (κ1) is 9.56. The van der Waals surface area contributed by atoms with Gasteiger partial charge in [0, 0.05) is 19.2 Å². The van der Waals surface area contributed by atoms with Gasteiger partial charge < -0.3 is 5.32 Å². The van der Waals surface area contributed by atoms with Crippen LogP contribution in [0.25, 0.3) is 0 Å². The average molecular weight is 193 g/mol. The van der Waals surface area contributed by atoms with Crippen LogP contribution in [0.5, 0.6) is 0 Å². The number of nitrogens with zero attached hydrogens (tertiary/aromatic N) is 2. The van der Waals surface area contributed by atoms with E-state index in [1.165, 1.54) is 11.5 Å². The van der Waals surface area contributed by atoms with Crippen molar-refractivity contribution in [3.8, 4) is 0 Å². The molecule has 2 heterocycles. The molecule has 0 saturated heterocycles. The highest BCUT2D eigenvalue weighted by Gasteiger charge is 2.21. The van der Waals surface area contributed by atoms with Crippen LogP contribution in [0.15, 0.2) is 6.07 Å². The van der Waals surface area contributed by atoms with Gasteiger partial charge in [0.25, 0.3) is 0 Å². The number of fused-ring (bicyclic) bond motifs is 1. The molecule has 2 rings (SSSR count). The van der Waals surface area contributed by atoms with E-state index in [1.807, 2.05) is 0 Å². The molecule has 1 aliphatic heterocycles. The molecule has 1 aliphatic rings. The molecule has 1 atom stereocenters. The van der Waals surface area contributed by atoms with E-state index in [4.69, 9.17) is 0 Å². The zero-order chi connectivity index (χ0) is 10.1. The van der Waals surface area contributed by atoms with Crippen molar-refractivity contribution >= 4 is 5.82 Å². The van der Waals surface area contributed by atoms with E-state index >= 15 is 0 Å². The Morgan fingerprint density at radius 1 is 1.64 bits per heavy atom. The SMILES string of the molecule is CCc1cc2n(n1)CC(C(C)C)CN2. The van der Waals surface area contributed by atoms with Gasteiger partial charge in [-0.25, -0.2) is 4.68 Å². The van der Waals surface area contributed by atoms with Gasteiger partial charge in [-0.15, -0.1) is 0 Å². The lowest BCUT2D eigenvalue weighted by atomic mass is 9.95. The van der Waals surface area contributed by atoms with Gasteiger partial charge in [0.2, 0.25) is 0 Å². The summed E-state index contributed by atoms with van der Waals surface area (Å²) in [4.78, 5) is 0. The molecule has 0 amide bonds. The molecule has 0 saturated carbocycles. The third kappa shape index (κ3) is 1.63. The summed E-state index contributed by atoms with van der Waals surface area (Å²) in [5.74, 6) is 2.63. The van der Waals surface area contributed by atoms with Crippen LogP contribution in [0.2, 0.25) is 0 Å². The largest absolute Gasteiger partial charge is 0.370 e. The minimum Gasteiger partial charge on any atom is -0.370 e. The zero-order valence-corrected chi connectivity index (χ0v) is 9.25. The second-order valence-electron chi connectivity index (χ2n) is 4.44. The summed E-state index contributed by atoms with van der Waals surface area (Å²) in [7, 11) is 0. The Morgan fingerprint density at radius 3 is 3.07 bits per heavy atom. The fourth-order valence-corrected chi connectivity index (χ4v) is 1.89. The average Bonchev–Trinajstić information content (AvgIpc) is 2.58. The van der Waals surface area contributed by atoms with Gasteiger partial charge in [-0.2, -0.15) is 5.10 Å². The van der Waals surface area contributed by atoms with Crippen LogP contribution in [0.1, 0.15) is 26.5 Å². The maximum atomic E-state index is 4.56. The molecular formula is C11H19N3. The lowest BCUT2D eigenvalue weighted by Gasteiger charge is -2.27. The minimum absolute atomic E-state index is 0.715.